The average molecular weight is 376 g/mol. The van der Waals surface area contributed by atoms with E-state index in [2.05, 4.69) is 10.3 Å². The van der Waals surface area contributed by atoms with E-state index in [0.29, 0.717) is 16.6 Å². The van der Waals surface area contributed by atoms with Gasteiger partial charge in [-0.3, -0.25) is 9.59 Å². The van der Waals surface area contributed by atoms with Crippen LogP contribution in [0.15, 0.2) is 78.2 Å². The Labute approximate surface area is 159 Å². The predicted molar refractivity (Wildman–Crippen MR) is 104 cm³/mol. The molecule has 2 heterocycles. The number of hydrogen-bond donors (Lipinski definition) is 1. The van der Waals surface area contributed by atoms with E-state index in [4.69, 9.17) is 0 Å². The minimum atomic E-state index is -0.407. The number of imidazole rings is 1. The summed E-state index contributed by atoms with van der Waals surface area (Å²) < 4.78 is 17.2. The van der Waals surface area contributed by atoms with E-state index in [9.17, 15) is 14.0 Å². The number of halogens is 1. The first-order valence-corrected chi connectivity index (χ1v) is 8.73. The highest BCUT2D eigenvalue weighted by atomic mass is 19.1. The summed E-state index contributed by atoms with van der Waals surface area (Å²) in [5, 5.41) is 4.12. The third-order valence-electron chi connectivity index (χ3n) is 4.48. The normalized spacial score (nSPS) is 10.9. The minimum absolute atomic E-state index is 0.0979. The molecule has 0 bridgehead atoms. The molecule has 1 N–H and O–H groups in total. The van der Waals surface area contributed by atoms with E-state index in [0.717, 1.165) is 5.39 Å². The number of amides is 1. The maximum absolute atomic E-state index is 14.3. The van der Waals surface area contributed by atoms with Crippen molar-refractivity contribution in [2.24, 2.45) is 0 Å². The number of rotatable bonds is 5. The fourth-order valence-corrected chi connectivity index (χ4v) is 3.04. The summed E-state index contributed by atoms with van der Waals surface area (Å²) in [5.74, 6) is -0.730. The third-order valence-corrected chi connectivity index (χ3v) is 4.48. The van der Waals surface area contributed by atoms with Gasteiger partial charge in [0, 0.05) is 30.5 Å². The molecule has 0 unspecified atom stereocenters. The summed E-state index contributed by atoms with van der Waals surface area (Å²) in [6, 6.07) is 13.8. The van der Waals surface area contributed by atoms with Gasteiger partial charge >= 0.3 is 0 Å². The zero-order chi connectivity index (χ0) is 19.5. The molecule has 0 atom stereocenters. The molecule has 0 aliphatic rings. The number of nitrogens with one attached hydrogen (secondary N) is 1. The number of aromatic nitrogens is 3. The Balaban J connectivity index is 1.43. The Morgan fingerprint density at radius 3 is 2.75 bits per heavy atom. The van der Waals surface area contributed by atoms with Gasteiger partial charge in [0.25, 0.3) is 5.56 Å². The van der Waals surface area contributed by atoms with Crippen molar-refractivity contribution >= 4 is 16.7 Å². The first-order chi connectivity index (χ1) is 13.6. The fourth-order valence-electron chi connectivity index (χ4n) is 3.04. The lowest BCUT2D eigenvalue weighted by atomic mass is 10.2. The molecule has 0 aliphatic carbocycles. The zero-order valence-electron chi connectivity index (χ0n) is 14.9. The number of pyridine rings is 1. The van der Waals surface area contributed by atoms with Crippen LogP contribution in [-0.4, -0.2) is 20.0 Å². The number of nitrogens with zero attached hydrogens (tertiary/aromatic N) is 3. The van der Waals surface area contributed by atoms with Crippen LogP contribution in [0.3, 0.4) is 0 Å². The van der Waals surface area contributed by atoms with Crippen LogP contribution in [0.25, 0.3) is 16.5 Å². The second kappa shape index (κ2) is 7.48. The number of benzene rings is 2. The first-order valence-electron chi connectivity index (χ1n) is 8.73. The van der Waals surface area contributed by atoms with E-state index in [1.807, 2.05) is 12.1 Å². The highest BCUT2D eigenvalue weighted by Crippen LogP contribution is 2.15. The van der Waals surface area contributed by atoms with Crippen LogP contribution in [0.2, 0.25) is 0 Å². The largest absolute Gasteiger partial charge is 0.350 e. The van der Waals surface area contributed by atoms with Gasteiger partial charge < -0.3 is 14.5 Å². The topological polar surface area (TPSA) is 68.9 Å². The lowest BCUT2D eigenvalue weighted by Crippen LogP contribution is -2.31. The number of hydrogen-bond acceptors (Lipinski definition) is 3. The lowest BCUT2D eigenvalue weighted by molar-refractivity contribution is -0.121. The molecule has 4 aromatic rings. The molecule has 2 aromatic carbocycles. The summed E-state index contributed by atoms with van der Waals surface area (Å²) in [7, 11) is 0. The van der Waals surface area contributed by atoms with Crippen molar-refractivity contribution in [2.75, 3.05) is 0 Å². The Hall–Kier alpha value is -3.74. The maximum Gasteiger partial charge on any atom is 0.258 e. The molecule has 0 aliphatic heterocycles. The SMILES string of the molecule is O=C(Cn1ccc2ccccc2c1=O)NCc1ccc(-n2ccnc2)c(F)c1. The molecular formula is C21H17FN4O2. The van der Waals surface area contributed by atoms with Crippen molar-refractivity contribution in [3.05, 3.63) is 95.2 Å². The lowest BCUT2D eigenvalue weighted by Gasteiger charge is -2.10. The first kappa shape index (κ1) is 17.7. The number of fused-ring (bicyclic) bond motifs is 1. The van der Waals surface area contributed by atoms with Gasteiger partial charge in [-0.25, -0.2) is 9.37 Å². The summed E-state index contributed by atoms with van der Waals surface area (Å²) in [6.45, 7) is 0.0710. The molecule has 4 rings (SSSR count). The molecule has 7 heteroatoms. The zero-order valence-corrected chi connectivity index (χ0v) is 14.9. The van der Waals surface area contributed by atoms with Crippen LogP contribution < -0.4 is 10.9 Å². The van der Waals surface area contributed by atoms with Gasteiger partial charge in [-0.2, -0.15) is 0 Å². The molecule has 0 spiro atoms. The average Bonchev–Trinajstić information content (AvgIpc) is 3.23. The van der Waals surface area contributed by atoms with E-state index in [-0.39, 0.29) is 24.6 Å². The van der Waals surface area contributed by atoms with Crippen LogP contribution in [0.1, 0.15) is 5.56 Å². The Kier molecular flexibility index (Phi) is 4.72. The summed E-state index contributed by atoms with van der Waals surface area (Å²) in [6.07, 6.45) is 6.34. The van der Waals surface area contributed by atoms with Crippen LogP contribution in [-0.2, 0) is 17.9 Å². The second-order valence-corrected chi connectivity index (χ2v) is 6.37. The molecule has 1 amide bonds. The second-order valence-electron chi connectivity index (χ2n) is 6.37. The monoisotopic (exact) mass is 376 g/mol. The number of carbonyl (C=O) groups is 1. The van der Waals surface area contributed by atoms with Crippen LogP contribution in [0.4, 0.5) is 4.39 Å². The highest BCUT2D eigenvalue weighted by molar-refractivity contribution is 5.82. The molecule has 28 heavy (non-hydrogen) atoms. The van der Waals surface area contributed by atoms with Gasteiger partial charge in [0.15, 0.2) is 0 Å². The summed E-state index contributed by atoms with van der Waals surface area (Å²) in [5.41, 5.74) is 0.792. The van der Waals surface area contributed by atoms with E-state index < -0.39 is 5.82 Å². The van der Waals surface area contributed by atoms with Crippen molar-refractivity contribution in [3.63, 3.8) is 0 Å². The maximum atomic E-state index is 14.3. The molecule has 0 radical (unpaired) electrons. The molecule has 6 nitrogen and oxygen atoms in total. The molecule has 0 fully saturated rings. The minimum Gasteiger partial charge on any atom is -0.350 e. The van der Waals surface area contributed by atoms with Crippen LogP contribution in [0.5, 0.6) is 0 Å². The Morgan fingerprint density at radius 1 is 1.11 bits per heavy atom. The molecule has 140 valence electrons. The fraction of sp³-hybridized carbons (Fsp3) is 0.0952. The van der Waals surface area contributed by atoms with E-state index in [1.165, 1.54) is 17.0 Å². The Morgan fingerprint density at radius 2 is 1.96 bits per heavy atom. The summed E-state index contributed by atoms with van der Waals surface area (Å²) >= 11 is 0. The predicted octanol–water partition coefficient (Wildman–Crippen LogP) is 2.64. The van der Waals surface area contributed by atoms with Crippen molar-refractivity contribution in [3.8, 4) is 5.69 Å². The van der Waals surface area contributed by atoms with Gasteiger partial charge in [-0.05, 0) is 35.2 Å². The van der Waals surface area contributed by atoms with Gasteiger partial charge in [-0.15, -0.1) is 0 Å². The highest BCUT2D eigenvalue weighted by Gasteiger charge is 2.09. The van der Waals surface area contributed by atoms with Crippen LogP contribution >= 0.6 is 0 Å². The van der Waals surface area contributed by atoms with Crippen molar-refractivity contribution in [1.82, 2.24) is 19.4 Å². The van der Waals surface area contributed by atoms with Gasteiger partial charge in [0.1, 0.15) is 12.4 Å². The molecule has 2 aromatic heterocycles. The van der Waals surface area contributed by atoms with Crippen molar-refractivity contribution < 1.29 is 9.18 Å². The van der Waals surface area contributed by atoms with Gasteiger partial charge in [0.2, 0.25) is 5.91 Å². The summed E-state index contributed by atoms with van der Waals surface area (Å²) in [4.78, 5) is 28.6. The van der Waals surface area contributed by atoms with Crippen molar-refractivity contribution in [1.29, 1.82) is 0 Å². The molecule has 0 saturated heterocycles. The Bertz CT molecular complexity index is 1200. The van der Waals surface area contributed by atoms with Gasteiger partial charge in [0.05, 0.1) is 12.0 Å². The third kappa shape index (κ3) is 3.55. The number of carbonyl (C=O) groups excluding carboxylic acids is 1. The van der Waals surface area contributed by atoms with E-state index >= 15 is 0 Å². The van der Waals surface area contributed by atoms with Gasteiger partial charge in [-0.1, -0.05) is 24.3 Å². The molecular weight excluding hydrogens is 359 g/mol. The standard InChI is InChI=1S/C21H17FN4O2/c22-18-11-15(5-6-19(18)26-10-8-23-14-26)12-24-20(27)13-25-9-7-16-3-1-2-4-17(16)21(25)28/h1-11,14H,12-13H2,(H,24,27). The van der Waals surface area contributed by atoms with Crippen molar-refractivity contribution in [2.45, 2.75) is 13.1 Å². The quantitative estimate of drug-likeness (QED) is 0.582. The molecule has 0 saturated carbocycles. The van der Waals surface area contributed by atoms with Crippen LogP contribution in [0, 0.1) is 5.82 Å². The van der Waals surface area contributed by atoms with E-state index in [1.54, 1.807) is 53.5 Å². The smallest absolute Gasteiger partial charge is 0.258 e.